The molecule has 0 spiro atoms. The third kappa shape index (κ3) is 19.3. The molecule has 0 N–H and O–H groups in total. The number of benzene rings is 2. The molecule has 0 heterocycles. The summed E-state index contributed by atoms with van der Waals surface area (Å²) in [6, 6.07) is 7.83. The van der Waals surface area contributed by atoms with E-state index in [4.69, 9.17) is 0 Å². The first-order chi connectivity index (χ1) is 16.2. The summed E-state index contributed by atoms with van der Waals surface area (Å²) < 4.78 is 0. The Labute approximate surface area is 241 Å². The predicted molar refractivity (Wildman–Crippen MR) is 143 cm³/mol. The molecule has 0 saturated carbocycles. The predicted octanol–water partition coefficient (Wildman–Crippen LogP) is 2.92. The van der Waals surface area contributed by atoms with Crippen LogP contribution in [0.1, 0.15) is 74.9 Å². The Morgan fingerprint density at radius 2 is 0.838 bits per heavy atom. The van der Waals surface area contributed by atoms with Gasteiger partial charge in [0.25, 0.3) is 0 Å². The smallest absolute Gasteiger partial charge is 0.872 e. The number of hydrogen-bond donors (Lipinski definition) is 0. The minimum atomic E-state index is -0.750. The summed E-state index contributed by atoms with van der Waals surface area (Å²) in [4.78, 5) is 4.32. The van der Waals surface area contributed by atoms with E-state index in [-0.39, 0.29) is 33.2 Å². The average molecular weight is 549 g/mol. The van der Waals surface area contributed by atoms with Crippen LogP contribution in [0.2, 0.25) is 0 Å². The van der Waals surface area contributed by atoms with Crippen LogP contribution in [-0.2, 0) is 34.8 Å². The Bertz CT molecular complexity index is 861. The summed E-state index contributed by atoms with van der Waals surface area (Å²) in [5, 5.41) is 44.7. The molecule has 0 aromatic heterocycles. The van der Waals surface area contributed by atoms with Gasteiger partial charge in [0.05, 0.1) is 0 Å². The van der Waals surface area contributed by atoms with Crippen LogP contribution in [0.4, 0.5) is 0 Å². The van der Waals surface area contributed by atoms with Crippen molar-refractivity contribution in [2.24, 2.45) is 0 Å². The number of aryl methyl sites for hydroxylation is 4. The second kappa shape index (κ2) is 16.5. The summed E-state index contributed by atoms with van der Waals surface area (Å²) >= 11 is 0. The molecule has 37 heavy (non-hydrogen) atoms. The van der Waals surface area contributed by atoms with E-state index < -0.39 is 11.2 Å². The maximum absolute atomic E-state index is 12.3. The van der Waals surface area contributed by atoms with Crippen LogP contribution >= 0.6 is 0 Å². The second-order valence-corrected chi connectivity index (χ2v) is 11.8. The zero-order valence-corrected chi connectivity index (χ0v) is 26.7. The molecule has 206 valence electrons. The molecule has 7 heteroatoms. The fourth-order valence-electron chi connectivity index (χ4n) is 3.40. The molecule has 0 radical (unpaired) electrons. The Morgan fingerprint density at radius 1 is 0.595 bits per heavy atom. The molecule has 0 atom stereocenters. The summed E-state index contributed by atoms with van der Waals surface area (Å²) in [7, 11) is 4.06. The van der Waals surface area contributed by atoms with E-state index in [0.717, 1.165) is 46.5 Å². The van der Waals surface area contributed by atoms with Crippen molar-refractivity contribution in [2.75, 3.05) is 27.2 Å². The molecule has 0 aliphatic heterocycles. The van der Waals surface area contributed by atoms with Gasteiger partial charge in [-0.1, -0.05) is 88.1 Å². The topological polar surface area (TPSA) is 98.7 Å². The first kappa shape index (κ1) is 37.7. The van der Waals surface area contributed by atoms with Crippen molar-refractivity contribution in [3.63, 3.8) is 0 Å². The van der Waals surface area contributed by atoms with Crippen LogP contribution in [0.25, 0.3) is 0 Å². The van der Waals surface area contributed by atoms with Gasteiger partial charge < -0.3 is 30.2 Å². The zero-order chi connectivity index (χ0) is 28.4. The number of rotatable bonds is 7. The monoisotopic (exact) mass is 548 g/mol. The number of hydrogen-bond acceptors (Lipinski definition) is 6. The molecule has 0 fully saturated rings. The van der Waals surface area contributed by atoms with E-state index >= 15 is 0 Å². The fraction of sp³-hybridized carbons (Fsp3) is 0.600. The van der Waals surface area contributed by atoms with Crippen LogP contribution < -0.4 is 20.4 Å². The Kier molecular flexibility index (Phi) is 16.9. The quantitative estimate of drug-likeness (QED) is 0.494. The molecule has 2 rings (SSSR count). The van der Waals surface area contributed by atoms with Crippen molar-refractivity contribution >= 4 is 0 Å². The Balaban J connectivity index is 0. The molecule has 0 aliphatic rings. The van der Waals surface area contributed by atoms with Crippen LogP contribution in [0.15, 0.2) is 24.3 Å². The second-order valence-electron chi connectivity index (χ2n) is 11.8. The minimum Gasteiger partial charge on any atom is -0.872 e. The van der Waals surface area contributed by atoms with E-state index in [1.807, 2.05) is 66.1 Å². The summed E-state index contributed by atoms with van der Waals surface area (Å²) in [5.74, 6) is 0.282. The molecule has 2 aromatic rings. The van der Waals surface area contributed by atoms with Crippen LogP contribution in [0.3, 0.4) is 0 Å². The van der Waals surface area contributed by atoms with Crippen LogP contribution in [0.5, 0.6) is 11.5 Å². The van der Waals surface area contributed by atoms with Gasteiger partial charge in [0.15, 0.2) is 0 Å². The molecule has 2 aromatic carbocycles. The third-order valence-corrected chi connectivity index (χ3v) is 4.74. The molecule has 0 unspecified atom stereocenters. The third-order valence-electron chi connectivity index (χ3n) is 4.74. The molecule has 6 nitrogen and oxygen atoms in total. The van der Waals surface area contributed by atoms with Crippen molar-refractivity contribution in [3.8, 4) is 11.5 Å². The van der Waals surface area contributed by atoms with Gasteiger partial charge in [-0.05, 0) is 52.9 Å². The van der Waals surface area contributed by atoms with E-state index in [1.165, 1.54) is 0 Å². The molecule has 0 aliphatic carbocycles. The van der Waals surface area contributed by atoms with Gasteiger partial charge in [-0.2, -0.15) is 0 Å². The van der Waals surface area contributed by atoms with E-state index in [9.17, 15) is 20.4 Å². The molecule has 0 bridgehead atoms. The van der Waals surface area contributed by atoms with E-state index in [0.29, 0.717) is 13.1 Å². The van der Waals surface area contributed by atoms with Crippen molar-refractivity contribution in [1.29, 1.82) is 0 Å². The first-order valence-corrected chi connectivity index (χ1v) is 12.5. The number of nitrogens with zero attached hydrogens (tertiary/aromatic N) is 2. The summed E-state index contributed by atoms with van der Waals surface area (Å²) in [6.45, 7) is 20.5. The maximum atomic E-state index is 12.3. The normalized spacial score (nSPS) is 11.4. The van der Waals surface area contributed by atoms with Crippen molar-refractivity contribution in [2.45, 2.75) is 93.5 Å². The largest absolute Gasteiger partial charge is 4.00 e. The van der Waals surface area contributed by atoms with Gasteiger partial charge in [-0.3, -0.25) is 0 Å². The van der Waals surface area contributed by atoms with Crippen molar-refractivity contribution in [3.05, 3.63) is 57.6 Å². The SMILES string of the molecule is CC(C)(C)[O-].CC(C)(C)[O-].Cc1cc(C)c([O-])c(CN(C)CCN(C)Cc2cc(C)cc(C)c2[O-])c1.[Ti+4]. The van der Waals surface area contributed by atoms with E-state index in [1.54, 1.807) is 41.5 Å². The maximum Gasteiger partial charge on any atom is 4.00 e. The number of likely N-dealkylation sites (N-methyl/N-ethyl adjacent to an activating group) is 2. The standard InChI is InChI=1S/C22H32N2O2.2C4H9O.Ti/c1-15-9-17(3)21(25)19(11-15)13-23(5)7-8-24(6)14-20-12-16(2)10-18(4)22(20)26;2*1-4(2,3)5;/h9-12,25-26H,7-8,13-14H2,1-6H3;2*1-3H3;/q;2*-1;+4/p-2. The average Bonchev–Trinajstić information content (AvgIpc) is 2.65. The van der Waals surface area contributed by atoms with Gasteiger partial charge in [-0.15, -0.1) is 22.7 Å². The van der Waals surface area contributed by atoms with Crippen LogP contribution in [0, 0.1) is 27.7 Å². The van der Waals surface area contributed by atoms with Gasteiger partial charge >= 0.3 is 21.7 Å². The molecular weight excluding hydrogens is 500 g/mol. The molecule has 0 saturated heterocycles. The van der Waals surface area contributed by atoms with Gasteiger partial charge in [-0.25, -0.2) is 0 Å². The van der Waals surface area contributed by atoms with Crippen molar-refractivity contribution < 1.29 is 42.1 Å². The summed E-state index contributed by atoms with van der Waals surface area (Å²) in [5.41, 5.74) is 4.07. The summed E-state index contributed by atoms with van der Waals surface area (Å²) in [6.07, 6.45) is 0. The minimum absolute atomic E-state index is 0. The fourth-order valence-corrected chi connectivity index (χ4v) is 3.40. The molecule has 0 amide bonds. The van der Waals surface area contributed by atoms with Crippen molar-refractivity contribution in [1.82, 2.24) is 9.80 Å². The first-order valence-electron chi connectivity index (χ1n) is 12.5. The molecular formula is C30H48N2O4Ti. The van der Waals surface area contributed by atoms with Gasteiger partial charge in [0, 0.05) is 26.2 Å². The van der Waals surface area contributed by atoms with Gasteiger partial charge in [0.2, 0.25) is 0 Å². The van der Waals surface area contributed by atoms with Crippen LogP contribution in [-0.4, -0.2) is 48.2 Å². The zero-order valence-electron chi connectivity index (χ0n) is 25.2. The van der Waals surface area contributed by atoms with Gasteiger partial charge in [0.1, 0.15) is 0 Å². The van der Waals surface area contributed by atoms with E-state index in [2.05, 4.69) is 9.80 Å². The Hall–Kier alpha value is -1.41. The Morgan fingerprint density at radius 3 is 1.08 bits per heavy atom.